The van der Waals surface area contributed by atoms with Crippen LogP contribution in [0.4, 0.5) is 0 Å². The second-order valence-corrected chi connectivity index (χ2v) is 8.68. The number of benzene rings is 1. The van der Waals surface area contributed by atoms with Gasteiger partial charge in [-0.25, -0.2) is 0 Å². The van der Waals surface area contributed by atoms with Gasteiger partial charge in [-0.3, -0.25) is 9.48 Å². The Labute approximate surface area is 181 Å². The second kappa shape index (κ2) is 13.0. The fourth-order valence-electron chi connectivity index (χ4n) is 3.13. The van der Waals surface area contributed by atoms with E-state index in [0.717, 1.165) is 56.5 Å². The lowest BCUT2D eigenvalue weighted by molar-refractivity contribution is -0.123. The Balaban J connectivity index is 1.48. The van der Waals surface area contributed by atoms with E-state index in [1.165, 1.54) is 5.56 Å². The van der Waals surface area contributed by atoms with Gasteiger partial charge in [0.15, 0.2) is 6.61 Å². The standard InChI is InChI=1S/C24H38N4O2/c1-19(2)9-12-22-17-28(27-26-22)16-8-6-5-7-15-25-24(29)18-30-23-13-10-21(11-14-23)20(3)4/h10-11,13-14,17,19-20H,5-9,12,15-16,18H2,1-4H3,(H,25,29). The van der Waals surface area contributed by atoms with E-state index >= 15 is 0 Å². The van der Waals surface area contributed by atoms with Gasteiger partial charge in [0.25, 0.3) is 5.91 Å². The summed E-state index contributed by atoms with van der Waals surface area (Å²) >= 11 is 0. The van der Waals surface area contributed by atoms with Gasteiger partial charge in [-0.05, 0) is 55.2 Å². The van der Waals surface area contributed by atoms with Crippen LogP contribution in [0.15, 0.2) is 30.5 Å². The summed E-state index contributed by atoms with van der Waals surface area (Å²) in [6.45, 7) is 10.4. The molecule has 0 fully saturated rings. The van der Waals surface area contributed by atoms with Crippen LogP contribution in [-0.4, -0.2) is 34.1 Å². The molecule has 0 atom stereocenters. The third kappa shape index (κ3) is 9.42. The molecule has 0 saturated heterocycles. The van der Waals surface area contributed by atoms with Crippen LogP contribution in [0.3, 0.4) is 0 Å². The van der Waals surface area contributed by atoms with Crippen LogP contribution in [0.1, 0.15) is 77.0 Å². The highest BCUT2D eigenvalue weighted by molar-refractivity contribution is 5.77. The Hall–Kier alpha value is -2.37. The third-order valence-corrected chi connectivity index (χ3v) is 5.12. The Morgan fingerprint density at radius 2 is 1.80 bits per heavy atom. The molecule has 1 N–H and O–H groups in total. The normalized spacial score (nSPS) is 11.3. The predicted molar refractivity (Wildman–Crippen MR) is 121 cm³/mol. The van der Waals surface area contributed by atoms with Crippen molar-refractivity contribution in [3.05, 3.63) is 41.7 Å². The van der Waals surface area contributed by atoms with Gasteiger partial charge < -0.3 is 10.1 Å². The molecule has 6 heteroatoms. The second-order valence-electron chi connectivity index (χ2n) is 8.68. The molecule has 0 unspecified atom stereocenters. The first-order valence-electron chi connectivity index (χ1n) is 11.3. The molecule has 6 nitrogen and oxygen atoms in total. The van der Waals surface area contributed by atoms with E-state index in [-0.39, 0.29) is 12.5 Å². The Morgan fingerprint density at radius 3 is 2.50 bits per heavy atom. The summed E-state index contributed by atoms with van der Waals surface area (Å²) in [5.41, 5.74) is 2.35. The largest absolute Gasteiger partial charge is 0.484 e. The molecule has 0 aliphatic carbocycles. The summed E-state index contributed by atoms with van der Waals surface area (Å²) < 4.78 is 7.50. The van der Waals surface area contributed by atoms with Gasteiger partial charge in [-0.2, -0.15) is 0 Å². The average Bonchev–Trinajstić information content (AvgIpc) is 3.18. The topological polar surface area (TPSA) is 69.0 Å². The molecule has 0 radical (unpaired) electrons. The molecule has 0 aliphatic heterocycles. The lowest BCUT2D eigenvalue weighted by atomic mass is 10.0. The zero-order valence-corrected chi connectivity index (χ0v) is 19.1. The summed E-state index contributed by atoms with van der Waals surface area (Å²) in [6, 6.07) is 7.93. The van der Waals surface area contributed by atoms with Crippen LogP contribution in [0.5, 0.6) is 5.75 Å². The maximum atomic E-state index is 11.9. The van der Waals surface area contributed by atoms with Gasteiger partial charge in [0.2, 0.25) is 0 Å². The molecule has 2 rings (SSSR count). The van der Waals surface area contributed by atoms with Crippen LogP contribution >= 0.6 is 0 Å². The first-order valence-corrected chi connectivity index (χ1v) is 11.3. The van der Waals surface area contributed by atoms with Gasteiger partial charge in [0.05, 0.1) is 5.69 Å². The molecule has 0 spiro atoms. The van der Waals surface area contributed by atoms with Crippen LogP contribution < -0.4 is 10.1 Å². The molecular weight excluding hydrogens is 376 g/mol. The van der Waals surface area contributed by atoms with E-state index in [4.69, 9.17) is 4.74 Å². The fraction of sp³-hybridized carbons (Fsp3) is 0.625. The number of hydrogen-bond acceptors (Lipinski definition) is 4. The zero-order chi connectivity index (χ0) is 21.8. The maximum Gasteiger partial charge on any atom is 0.257 e. The van der Waals surface area contributed by atoms with E-state index in [0.29, 0.717) is 18.4 Å². The number of aromatic nitrogens is 3. The number of amides is 1. The van der Waals surface area contributed by atoms with Crippen molar-refractivity contribution in [3.63, 3.8) is 0 Å². The highest BCUT2D eigenvalue weighted by atomic mass is 16.5. The Morgan fingerprint density at radius 1 is 1.07 bits per heavy atom. The van der Waals surface area contributed by atoms with Gasteiger partial charge >= 0.3 is 0 Å². The van der Waals surface area contributed by atoms with Crippen LogP contribution in [-0.2, 0) is 17.8 Å². The molecule has 1 heterocycles. The smallest absolute Gasteiger partial charge is 0.257 e. The number of ether oxygens (including phenoxy) is 1. The summed E-state index contributed by atoms with van der Waals surface area (Å²) in [5.74, 6) is 1.85. The zero-order valence-electron chi connectivity index (χ0n) is 19.1. The molecule has 166 valence electrons. The molecule has 30 heavy (non-hydrogen) atoms. The van der Waals surface area contributed by atoms with Crippen molar-refractivity contribution in [2.45, 2.75) is 78.7 Å². The van der Waals surface area contributed by atoms with Crippen molar-refractivity contribution in [2.24, 2.45) is 5.92 Å². The average molecular weight is 415 g/mol. The third-order valence-electron chi connectivity index (χ3n) is 5.12. The number of unbranched alkanes of at least 4 members (excludes halogenated alkanes) is 3. The molecule has 2 aromatic rings. The van der Waals surface area contributed by atoms with Crippen molar-refractivity contribution >= 4 is 5.91 Å². The Kier molecular flexibility index (Phi) is 10.4. The number of nitrogens with zero attached hydrogens (tertiary/aromatic N) is 3. The van der Waals surface area contributed by atoms with Gasteiger partial charge in [0.1, 0.15) is 5.75 Å². The van der Waals surface area contributed by atoms with Crippen LogP contribution in [0.25, 0.3) is 0 Å². The quantitative estimate of drug-likeness (QED) is 0.453. The van der Waals surface area contributed by atoms with E-state index in [1.54, 1.807) is 0 Å². The molecule has 1 amide bonds. The van der Waals surface area contributed by atoms with E-state index in [9.17, 15) is 4.79 Å². The molecule has 0 bridgehead atoms. The number of rotatable bonds is 14. The highest BCUT2D eigenvalue weighted by Crippen LogP contribution is 2.18. The molecule has 0 aliphatic rings. The van der Waals surface area contributed by atoms with Crippen LogP contribution in [0.2, 0.25) is 0 Å². The molecular formula is C24H38N4O2. The van der Waals surface area contributed by atoms with Crippen LogP contribution in [0, 0.1) is 5.92 Å². The number of aryl methyl sites for hydroxylation is 2. The van der Waals surface area contributed by atoms with Gasteiger partial charge in [-0.15, -0.1) is 5.10 Å². The number of carbonyl (C=O) groups is 1. The van der Waals surface area contributed by atoms with Crippen molar-refractivity contribution < 1.29 is 9.53 Å². The monoisotopic (exact) mass is 414 g/mol. The lowest BCUT2D eigenvalue weighted by Crippen LogP contribution is -2.29. The molecule has 0 saturated carbocycles. The van der Waals surface area contributed by atoms with E-state index < -0.39 is 0 Å². The SMILES string of the molecule is CC(C)CCc1cn(CCCCCCNC(=O)COc2ccc(C(C)C)cc2)nn1. The number of carbonyl (C=O) groups excluding carboxylic acids is 1. The molecule has 1 aromatic heterocycles. The van der Waals surface area contributed by atoms with Crippen molar-refractivity contribution in [3.8, 4) is 5.75 Å². The minimum Gasteiger partial charge on any atom is -0.484 e. The minimum atomic E-state index is -0.0699. The summed E-state index contributed by atoms with van der Waals surface area (Å²) in [4.78, 5) is 11.9. The summed E-state index contributed by atoms with van der Waals surface area (Å²) in [6.07, 6.45) is 8.49. The minimum absolute atomic E-state index is 0.0620. The Bertz CT molecular complexity index is 738. The maximum absolute atomic E-state index is 11.9. The highest BCUT2D eigenvalue weighted by Gasteiger charge is 2.05. The predicted octanol–water partition coefficient (Wildman–Crippen LogP) is 4.75. The fourth-order valence-corrected chi connectivity index (χ4v) is 3.13. The van der Waals surface area contributed by atoms with Crippen molar-refractivity contribution in [1.82, 2.24) is 20.3 Å². The first-order chi connectivity index (χ1) is 14.4. The van der Waals surface area contributed by atoms with Gasteiger partial charge in [-0.1, -0.05) is 57.9 Å². The van der Waals surface area contributed by atoms with E-state index in [2.05, 4.69) is 49.5 Å². The summed E-state index contributed by atoms with van der Waals surface area (Å²) in [7, 11) is 0. The van der Waals surface area contributed by atoms with Crippen molar-refractivity contribution in [2.75, 3.05) is 13.2 Å². The van der Waals surface area contributed by atoms with Crippen molar-refractivity contribution in [1.29, 1.82) is 0 Å². The molecule has 1 aromatic carbocycles. The van der Waals surface area contributed by atoms with Gasteiger partial charge in [0, 0.05) is 19.3 Å². The lowest BCUT2D eigenvalue weighted by Gasteiger charge is -2.09. The first kappa shape index (κ1) is 23.9. The number of nitrogens with one attached hydrogen (secondary N) is 1. The number of hydrogen-bond donors (Lipinski definition) is 1. The summed E-state index contributed by atoms with van der Waals surface area (Å²) in [5, 5.41) is 11.4. The van der Waals surface area contributed by atoms with E-state index in [1.807, 2.05) is 28.9 Å².